The summed E-state index contributed by atoms with van der Waals surface area (Å²) in [6.45, 7) is 4.87. The fourth-order valence-electron chi connectivity index (χ4n) is 1.33. The van der Waals surface area contributed by atoms with Crippen LogP contribution < -0.4 is 51.4 Å². The number of rotatable bonds is 5. The predicted octanol–water partition coefficient (Wildman–Crippen LogP) is -1.60. The maximum atomic E-state index is 11.5. The molecule has 2 N–H and O–H groups in total. The molecule has 0 unspecified atom stereocenters. The molecule has 15 heavy (non-hydrogen) atoms. The van der Waals surface area contributed by atoms with Gasteiger partial charge in [-0.2, -0.15) is 0 Å². The van der Waals surface area contributed by atoms with E-state index in [1.807, 2.05) is 0 Å². The monoisotopic (exact) mass is 264 g/mol. The van der Waals surface area contributed by atoms with Crippen molar-refractivity contribution in [3.8, 4) is 0 Å². The topological polar surface area (TPSA) is 83.8 Å². The van der Waals surface area contributed by atoms with Crippen molar-refractivity contribution in [1.29, 1.82) is 0 Å². The van der Waals surface area contributed by atoms with Gasteiger partial charge in [0.05, 0.1) is 6.61 Å². The van der Waals surface area contributed by atoms with Crippen LogP contribution in [-0.2, 0) is 14.1 Å². The average Bonchev–Trinajstić information content (AvgIpc) is 2.05. The Kier molecular flexibility index (Phi) is 9.38. The Hall–Kier alpha value is 1.26. The molecule has 0 bridgehead atoms. The third kappa shape index (κ3) is 4.20. The third-order valence-corrected chi connectivity index (χ3v) is 4.31. The molecule has 7 heteroatoms. The first-order valence-corrected chi connectivity index (χ1v) is 6.19. The molecule has 0 aliphatic heterocycles. The van der Waals surface area contributed by atoms with Gasteiger partial charge in [0.25, 0.3) is 0 Å². The Morgan fingerprint density at radius 3 is 1.93 bits per heavy atom. The van der Waals surface area contributed by atoms with Crippen molar-refractivity contribution in [2.45, 2.75) is 38.8 Å². The van der Waals surface area contributed by atoms with Crippen molar-refractivity contribution < 1.29 is 76.7 Å². The smallest absolute Gasteiger partial charge is 1.00 e. The molecule has 0 radical (unpaired) electrons. The molecular weight excluding hydrogens is 246 g/mol. The van der Waals surface area contributed by atoms with Crippen LogP contribution in [-0.4, -0.2) is 27.5 Å². The molecule has 0 aromatic rings. The minimum atomic E-state index is -4.47. The zero-order chi connectivity index (χ0) is 11.4. The van der Waals surface area contributed by atoms with Crippen LogP contribution >= 0.6 is 7.60 Å². The molecule has 0 aliphatic carbocycles. The molecule has 0 fully saturated rings. The average molecular weight is 264 g/mol. The zero-order valence-electron chi connectivity index (χ0n) is 10.7. The first-order chi connectivity index (χ1) is 6.35. The molecule has 0 atom stereocenters. The van der Waals surface area contributed by atoms with Crippen molar-refractivity contribution in [1.82, 2.24) is 0 Å². The van der Waals surface area contributed by atoms with E-state index in [4.69, 9.17) is 9.79 Å². The quantitative estimate of drug-likeness (QED) is 0.355. The van der Waals surface area contributed by atoms with Gasteiger partial charge in [-0.15, -0.1) is 0 Å². The number of carbonyl (C=O) groups is 1. The van der Waals surface area contributed by atoms with Gasteiger partial charge in [-0.05, 0) is 19.8 Å². The van der Waals surface area contributed by atoms with Crippen LogP contribution in [0, 0.1) is 0 Å². The van der Waals surface area contributed by atoms with E-state index in [-0.39, 0.29) is 72.3 Å². The van der Waals surface area contributed by atoms with Gasteiger partial charge in [-0.3, -0.25) is 9.36 Å². The summed E-state index contributed by atoms with van der Waals surface area (Å²) in [5.74, 6) is -0.807. The SMILES string of the molecule is CCOC(=O)C(CC)(CC)P(=O)(O)O.[H-].[K+]. The van der Waals surface area contributed by atoms with Crippen LogP contribution in [0.1, 0.15) is 35.0 Å². The summed E-state index contributed by atoms with van der Waals surface area (Å²) in [4.78, 5) is 29.7. The number of carbonyl (C=O) groups excluding carboxylic acids is 1. The minimum Gasteiger partial charge on any atom is -1.00 e. The molecule has 86 valence electrons. The fourth-order valence-corrected chi connectivity index (χ4v) is 2.46. The molecule has 0 amide bonds. The molecule has 0 saturated heterocycles. The van der Waals surface area contributed by atoms with Crippen molar-refractivity contribution >= 4 is 13.6 Å². The Balaban J connectivity index is -0.000000845. The normalized spacial score (nSPS) is 11.8. The Morgan fingerprint density at radius 2 is 1.73 bits per heavy atom. The van der Waals surface area contributed by atoms with Gasteiger partial charge in [-0.25, -0.2) is 0 Å². The molecule has 0 heterocycles. The maximum absolute atomic E-state index is 11.5. The van der Waals surface area contributed by atoms with E-state index in [0.717, 1.165) is 0 Å². The van der Waals surface area contributed by atoms with Gasteiger partial charge >= 0.3 is 64.9 Å². The molecule has 0 saturated carbocycles. The van der Waals surface area contributed by atoms with Crippen molar-refractivity contribution in [3.63, 3.8) is 0 Å². The Labute approximate surface area is 134 Å². The summed E-state index contributed by atoms with van der Waals surface area (Å²) in [5.41, 5.74) is 0. The second kappa shape index (κ2) is 7.56. The maximum Gasteiger partial charge on any atom is 1.00 e. The van der Waals surface area contributed by atoms with Crippen LogP contribution in [0.2, 0.25) is 0 Å². The number of hydrogen-bond donors (Lipinski definition) is 2. The minimum absolute atomic E-state index is 0. The van der Waals surface area contributed by atoms with Gasteiger partial charge in [0.1, 0.15) is 0 Å². The van der Waals surface area contributed by atoms with Gasteiger partial charge in [-0.1, -0.05) is 13.8 Å². The number of esters is 1. The van der Waals surface area contributed by atoms with E-state index in [9.17, 15) is 9.36 Å². The van der Waals surface area contributed by atoms with Crippen LogP contribution in [0.5, 0.6) is 0 Å². The second-order valence-electron chi connectivity index (χ2n) is 3.00. The summed E-state index contributed by atoms with van der Waals surface area (Å²) in [7, 11) is -4.47. The predicted molar refractivity (Wildman–Crippen MR) is 53.1 cm³/mol. The molecule has 0 aromatic carbocycles. The molecule has 0 aliphatic rings. The summed E-state index contributed by atoms with van der Waals surface area (Å²) in [5, 5.41) is -1.66. The summed E-state index contributed by atoms with van der Waals surface area (Å²) < 4.78 is 15.9. The Morgan fingerprint density at radius 1 is 1.33 bits per heavy atom. The zero-order valence-corrected chi connectivity index (χ0v) is 13.7. The van der Waals surface area contributed by atoms with E-state index in [2.05, 4.69) is 4.74 Å². The van der Waals surface area contributed by atoms with Crippen LogP contribution in [0.25, 0.3) is 0 Å². The molecule has 0 rings (SSSR count). The number of ether oxygens (including phenoxy) is 1. The van der Waals surface area contributed by atoms with Gasteiger partial charge < -0.3 is 16.0 Å². The fraction of sp³-hybridized carbons (Fsp3) is 0.875. The molecule has 0 spiro atoms. The van der Waals surface area contributed by atoms with E-state index in [1.165, 1.54) is 0 Å². The molecule has 5 nitrogen and oxygen atoms in total. The van der Waals surface area contributed by atoms with Crippen molar-refractivity contribution in [2.75, 3.05) is 6.61 Å². The van der Waals surface area contributed by atoms with Crippen LogP contribution in [0.4, 0.5) is 0 Å². The van der Waals surface area contributed by atoms with E-state index in [1.54, 1.807) is 20.8 Å². The van der Waals surface area contributed by atoms with Gasteiger partial charge in [0.15, 0.2) is 5.16 Å². The summed E-state index contributed by atoms with van der Waals surface area (Å²) in [6.07, 6.45) is 0.152. The largest absolute Gasteiger partial charge is 1.00 e. The molecule has 0 aromatic heterocycles. The van der Waals surface area contributed by atoms with Gasteiger partial charge in [0, 0.05) is 0 Å². The summed E-state index contributed by atoms with van der Waals surface area (Å²) in [6, 6.07) is 0. The van der Waals surface area contributed by atoms with E-state index in [0.29, 0.717) is 0 Å². The standard InChI is InChI=1S/C8H17O5P.K.H/c1-4-8(5-2,14(10,11)12)7(9)13-6-3;;/h4-6H2,1-3H3,(H2,10,11,12);;/q;+1;-1. The van der Waals surface area contributed by atoms with Crippen molar-refractivity contribution in [3.05, 3.63) is 0 Å². The first-order valence-electron chi connectivity index (χ1n) is 4.58. The van der Waals surface area contributed by atoms with Crippen LogP contribution in [0.15, 0.2) is 0 Å². The van der Waals surface area contributed by atoms with Gasteiger partial charge in [0.2, 0.25) is 0 Å². The second-order valence-corrected chi connectivity index (χ2v) is 4.95. The number of hydrogen-bond acceptors (Lipinski definition) is 3. The summed E-state index contributed by atoms with van der Waals surface area (Å²) >= 11 is 0. The van der Waals surface area contributed by atoms with Crippen LogP contribution in [0.3, 0.4) is 0 Å². The first kappa shape index (κ1) is 18.6. The third-order valence-electron chi connectivity index (χ3n) is 2.38. The molecular formula is C8H18KO5P. The van der Waals surface area contributed by atoms with E-state index < -0.39 is 18.7 Å². The van der Waals surface area contributed by atoms with Crippen molar-refractivity contribution in [2.24, 2.45) is 0 Å². The van der Waals surface area contributed by atoms with E-state index >= 15 is 0 Å². The Bertz CT molecular complexity index is 251.